The third-order valence-corrected chi connectivity index (χ3v) is 4.68. The molecule has 1 fully saturated rings. The number of hydrogen-bond acceptors (Lipinski definition) is 5. The topological polar surface area (TPSA) is 76.1 Å². The molecule has 0 aliphatic heterocycles. The summed E-state index contributed by atoms with van der Waals surface area (Å²) in [6.45, 7) is 0.732. The number of ether oxygens (including phenoxy) is 1. The molecule has 3 rings (SSSR count). The van der Waals surface area contributed by atoms with Crippen molar-refractivity contribution < 1.29 is 9.53 Å². The number of nitrogens with zero attached hydrogens (tertiary/aromatic N) is 2. The average molecular weight is 354 g/mol. The minimum absolute atomic E-state index is 0.132. The standard InChI is InChI=1S/C20H26N4O2/c1-26-17-9-5-6-15(12-17)10-11-21-19-14-22-18(13-23-19)20(25)24-16-7-3-2-4-8-16/h5-6,9,12-14,16H,2-4,7-8,10-11H2,1H3,(H,21,23)(H,24,25). The van der Waals surface area contributed by atoms with Gasteiger partial charge in [0.25, 0.3) is 5.91 Å². The van der Waals surface area contributed by atoms with Crippen LogP contribution in [0.2, 0.25) is 0 Å². The van der Waals surface area contributed by atoms with E-state index in [9.17, 15) is 4.79 Å². The van der Waals surface area contributed by atoms with E-state index in [0.717, 1.165) is 31.6 Å². The molecule has 6 heteroatoms. The summed E-state index contributed by atoms with van der Waals surface area (Å²) in [7, 11) is 1.67. The number of anilines is 1. The van der Waals surface area contributed by atoms with Crippen LogP contribution in [0, 0.1) is 0 Å². The second-order valence-corrected chi connectivity index (χ2v) is 6.62. The first-order valence-corrected chi connectivity index (χ1v) is 9.24. The molecule has 1 amide bonds. The van der Waals surface area contributed by atoms with E-state index < -0.39 is 0 Å². The maximum absolute atomic E-state index is 12.2. The van der Waals surface area contributed by atoms with Gasteiger partial charge in [-0.05, 0) is 37.0 Å². The number of amides is 1. The van der Waals surface area contributed by atoms with Crippen LogP contribution in [0.3, 0.4) is 0 Å². The van der Waals surface area contributed by atoms with E-state index in [1.165, 1.54) is 31.0 Å². The van der Waals surface area contributed by atoms with Crippen molar-refractivity contribution in [3.63, 3.8) is 0 Å². The Morgan fingerprint density at radius 2 is 2.04 bits per heavy atom. The van der Waals surface area contributed by atoms with Crippen LogP contribution in [0.5, 0.6) is 5.75 Å². The quantitative estimate of drug-likeness (QED) is 0.798. The zero-order valence-electron chi connectivity index (χ0n) is 15.2. The molecular formula is C20H26N4O2. The number of carbonyl (C=O) groups excluding carboxylic acids is 1. The Morgan fingerprint density at radius 3 is 2.77 bits per heavy atom. The van der Waals surface area contributed by atoms with Gasteiger partial charge in [-0.15, -0.1) is 0 Å². The van der Waals surface area contributed by atoms with Crippen molar-refractivity contribution in [2.75, 3.05) is 19.0 Å². The molecular weight excluding hydrogens is 328 g/mol. The first-order chi connectivity index (χ1) is 12.7. The Hall–Kier alpha value is -2.63. The number of rotatable bonds is 7. The van der Waals surface area contributed by atoms with Crippen molar-refractivity contribution >= 4 is 11.7 Å². The molecule has 0 atom stereocenters. The highest BCUT2D eigenvalue weighted by atomic mass is 16.5. The third-order valence-electron chi connectivity index (χ3n) is 4.68. The van der Waals surface area contributed by atoms with E-state index in [1.807, 2.05) is 18.2 Å². The summed E-state index contributed by atoms with van der Waals surface area (Å²) in [5, 5.41) is 6.29. The Kier molecular flexibility index (Phi) is 6.41. The zero-order valence-corrected chi connectivity index (χ0v) is 15.2. The Labute approximate surface area is 154 Å². The van der Waals surface area contributed by atoms with Gasteiger partial charge in [0.15, 0.2) is 0 Å². The molecule has 1 aliphatic carbocycles. The second-order valence-electron chi connectivity index (χ2n) is 6.62. The van der Waals surface area contributed by atoms with Gasteiger partial charge in [-0.1, -0.05) is 31.4 Å². The Morgan fingerprint density at radius 1 is 1.19 bits per heavy atom. The molecule has 1 aromatic carbocycles. The smallest absolute Gasteiger partial charge is 0.271 e. The number of hydrogen-bond donors (Lipinski definition) is 2. The molecule has 2 N–H and O–H groups in total. The minimum Gasteiger partial charge on any atom is -0.497 e. The lowest BCUT2D eigenvalue weighted by Gasteiger charge is -2.22. The van der Waals surface area contributed by atoms with Gasteiger partial charge < -0.3 is 15.4 Å². The number of methoxy groups -OCH3 is 1. The van der Waals surface area contributed by atoms with Crippen molar-refractivity contribution in [3.05, 3.63) is 47.9 Å². The molecule has 0 unspecified atom stereocenters. The predicted octanol–water partition coefficient (Wildman–Crippen LogP) is 3.20. The highest BCUT2D eigenvalue weighted by Crippen LogP contribution is 2.17. The molecule has 0 radical (unpaired) electrons. The van der Waals surface area contributed by atoms with Gasteiger partial charge in [-0.3, -0.25) is 4.79 Å². The lowest BCUT2D eigenvalue weighted by Crippen LogP contribution is -2.36. The highest BCUT2D eigenvalue weighted by molar-refractivity contribution is 5.92. The first kappa shape index (κ1) is 18.2. The fourth-order valence-electron chi connectivity index (χ4n) is 3.21. The number of aromatic nitrogens is 2. The SMILES string of the molecule is COc1cccc(CCNc2cnc(C(=O)NC3CCCCC3)cn2)c1. The summed E-state index contributed by atoms with van der Waals surface area (Å²) in [4.78, 5) is 20.8. The fraction of sp³-hybridized carbons (Fsp3) is 0.450. The fourth-order valence-corrected chi connectivity index (χ4v) is 3.21. The van der Waals surface area contributed by atoms with E-state index in [2.05, 4.69) is 26.7 Å². The molecule has 0 saturated heterocycles. The largest absolute Gasteiger partial charge is 0.497 e. The van der Waals surface area contributed by atoms with Gasteiger partial charge in [-0.2, -0.15) is 0 Å². The summed E-state index contributed by atoms with van der Waals surface area (Å²) < 4.78 is 5.23. The van der Waals surface area contributed by atoms with Crippen molar-refractivity contribution in [1.82, 2.24) is 15.3 Å². The number of carbonyl (C=O) groups is 1. The summed E-state index contributed by atoms with van der Waals surface area (Å²) in [5.41, 5.74) is 1.56. The first-order valence-electron chi connectivity index (χ1n) is 9.24. The van der Waals surface area contributed by atoms with E-state index >= 15 is 0 Å². The molecule has 1 aromatic heterocycles. The number of benzene rings is 1. The molecule has 138 valence electrons. The molecule has 26 heavy (non-hydrogen) atoms. The predicted molar refractivity (Wildman–Crippen MR) is 102 cm³/mol. The zero-order chi connectivity index (χ0) is 18.2. The van der Waals surface area contributed by atoms with Crippen LogP contribution in [-0.2, 0) is 6.42 Å². The van der Waals surface area contributed by atoms with Crippen LogP contribution >= 0.6 is 0 Å². The van der Waals surface area contributed by atoms with Crippen LogP contribution in [0.25, 0.3) is 0 Å². The normalized spacial score (nSPS) is 14.7. The van der Waals surface area contributed by atoms with Crippen molar-refractivity contribution in [3.8, 4) is 5.75 Å². The molecule has 0 bridgehead atoms. The third kappa shape index (κ3) is 5.18. The summed E-state index contributed by atoms with van der Waals surface area (Å²) in [6, 6.07) is 8.27. The summed E-state index contributed by atoms with van der Waals surface area (Å²) in [5.74, 6) is 1.39. The molecule has 1 aliphatic rings. The molecule has 2 aromatic rings. The van der Waals surface area contributed by atoms with Gasteiger partial charge in [0.2, 0.25) is 0 Å². The Bertz CT molecular complexity index is 712. The van der Waals surface area contributed by atoms with Crippen LogP contribution in [-0.4, -0.2) is 35.6 Å². The molecule has 1 saturated carbocycles. The van der Waals surface area contributed by atoms with E-state index in [1.54, 1.807) is 13.3 Å². The number of nitrogens with one attached hydrogen (secondary N) is 2. The summed E-state index contributed by atoms with van der Waals surface area (Å²) >= 11 is 0. The van der Waals surface area contributed by atoms with Crippen LogP contribution in [0.15, 0.2) is 36.7 Å². The van der Waals surface area contributed by atoms with Crippen molar-refractivity contribution in [2.45, 2.75) is 44.6 Å². The van der Waals surface area contributed by atoms with Gasteiger partial charge in [0.05, 0.1) is 19.5 Å². The second kappa shape index (κ2) is 9.17. The van der Waals surface area contributed by atoms with Gasteiger partial charge >= 0.3 is 0 Å². The van der Waals surface area contributed by atoms with Gasteiger partial charge in [-0.25, -0.2) is 9.97 Å². The lowest BCUT2D eigenvalue weighted by atomic mass is 9.95. The lowest BCUT2D eigenvalue weighted by molar-refractivity contribution is 0.0922. The van der Waals surface area contributed by atoms with Crippen molar-refractivity contribution in [1.29, 1.82) is 0 Å². The average Bonchev–Trinajstić information content (AvgIpc) is 2.69. The summed E-state index contributed by atoms with van der Waals surface area (Å²) in [6.07, 6.45) is 9.75. The van der Waals surface area contributed by atoms with Crippen LogP contribution in [0.4, 0.5) is 5.82 Å². The van der Waals surface area contributed by atoms with E-state index in [-0.39, 0.29) is 11.9 Å². The van der Waals surface area contributed by atoms with Gasteiger partial charge in [0, 0.05) is 12.6 Å². The maximum Gasteiger partial charge on any atom is 0.271 e. The maximum atomic E-state index is 12.2. The van der Waals surface area contributed by atoms with Crippen molar-refractivity contribution in [2.24, 2.45) is 0 Å². The molecule has 1 heterocycles. The monoisotopic (exact) mass is 354 g/mol. The Balaban J connectivity index is 1.47. The van der Waals surface area contributed by atoms with Crippen LogP contribution < -0.4 is 15.4 Å². The van der Waals surface area contributed by atoms with E-state index in [0.29, 0.717) is 11.5 Å². The molecule has 0 spiro atoms. The van der Waals surface area contributed by atoms with E-state index in [4.69, 9.17) is 4.74 Å². The molecule has 6 nitrogen and oxygen atoms in total. The van der Waals surface area contributed by atoms with Gasteiger partial charge in [0.1, 0.15) is 17.3 Å². The minimum atomic E-state index is -0.132. The highest BCUT2D eigenvalue weighted by Gasteiger charge is 2.17. The van der Waals surface area contributed by atoms with Crippen LogP contribution in [0.1, 0.15) is 48.2 Å².